The SMILES string of the molecule is O=C(Cc1cn(-c2ccc(Nc3ccccc3)nn2)c2ccccc12)NCCO. The van der Waals surface area contributed by atoms with Crippen LogP contribution in [0.2, 0.25) is 0 Å². The molecule has 7 heteroatoms. The number of benzene rings is 2. The Balaban J connectivity index is 1.61. The van der Waals surface area contributed by atoms with Crippen molar-refractivity contribution in [2.75, 3.05) is 18.5 Å². The van der Waals surface area contributed by atoms with E-state index < -0.39 is 0 Å². The molecule has 0 atom stereocenters. The number of hydrogen-bond donors (Lipinski definition) is 3. The van der Waals surface area contributed by atoms with Crippen LogP contribution in [0.1, 0.15) is 5.56 Å². The van der Waals surface area contributed by atoms with Gasteiger partial charge in [0.05, 0.1) is 18.5 Å². The maximum Gasteiger partial charge on any atom is 0.224 e. The molecule has 0 radical (unpaired) electrons. The zero-order valence-electron chi connectivity index (χ0n) is 15.7. The topological polar surface area (TPSA) is 92.1 Å². The Hall–Kier alpha value is -3.71. The molecular weight excluding hydrogens is 366 g/mol. The lowest BCUT2D eigenvalue weighted by atomic mass is 10.1. The number of anilines is 2. The molecular formula is C22H21N5O2. The quantitative estimate of drug-likeness (QED) is 0.454. The number of carbonyl (C=O) groups is 1. The Morgan fingerprint density at radius 2 is 1.76 bits per heavy atom. The zero-order valence-corrected chi connectivity index (χ0v) is 15.7. The lowest BCUT2D eigenvalue weighted by Gasteiger charge is -2.07. The van der Waals surface area contributed by atoms with E-state index in [1.165, 1.54) is 0 Å². The summed E-state index contributed by atoms with van der Waals surface area (Å²) in [5, 5.41) is 24.4. The van der Waals surface area contributed by atoms with E-state index in [0.717, 1.165) is 22.2 Å². The fourth-order valence-electron chi connectivity index (χ4n) is 3.20. The van der Waals surface area contributed by atoms with Crippen LogP contribution in [0, 0.1) is 0 Å². The molecule has 0 aliphatic rings. The van der Waals surface area contributed by atoms with E-state index in [0.29, 0.717) is 11.6 Å². The van der Waals surface area contributed by atoms with Crippen molar-refractivity contribution in [3.05, 3.63) is 78.5 Å². The van der Waals surface area contributed by atoms with Gasteiger partial charge in [-0.3, -0.25) is 9.36 Å². The third-order valence-electron chi connectivity index (χ3n) is 4.52. The van der Waals surface area contributed by atoms with Gasteiger partial charge in [0, 0.05) is 23.8 Å². The first-order valence-electron chi connectivity index (χ1n) is 9.37. The van der Waals surface area contributed by atoms with Crippen molar-refractivity contribution in [3.8, 4) is 5.82 Å². The number of hydrogen-bond acceptors (Lipinski definition) is 5. The lowest BCUT2D eigenvalue weighted by Crippen LogP contribution is -2.27. The van der Waals surface area contributed by atoms with Crippen LogP contribution < -0.4 is 10.6 Å². The van der Waals surface area contributed by atoms with Gasteiger partial charge in [-0.1, -0.05) is 36.4 Å². The minimum atomic E-state index is -0.129. The summed E-state index contributed by atoms with van der Waals surface area (Å²) in [5.74, 6) is 1.19. The fourth-order valence-corrected chi connectivity index (χ4v) is 3.20. The average Bonchev–Trinajstić information content (AvgIpc) is 3.12. The molecule has 3 N–H and O–H groups in total. The molecule has 2 aromatic carbocycles. The Morgan fingerprint density at radius 1 is 0.966 bits per heavy atom. The van der Waals surface area contributed by atoms with E-state index in [-0.39, 0.29) is 25.5 Å². The number of fused-ring (bicyclic) bond motifs is 1. The van der Waals surface area contributed by atoms with Crippen LogP contribution in [0.5, 0.6) is 0 Å². The van der Waals surface area contributed by atoms with Crippen molar-refractivity contribution >= 4 is 28.3 Å². The lowest BCUT2D eigenvalue weighted by molar-refractivity contribution is -0.120. The van der Waals surface area contributed by atoms with Gasteiger partial charge >= 0.3 is 0 Å². The number of aromatic nitrogens is 3. The Kier molecular flexibility index (Phi) is 5.49. The van der Waals surface area contributed by atoms with E-state index in [1.54, 1.807) is 0 Å². The van der Waals surface area contributed by atoms with Crippen LogP contribution in [0.4, 0.5) is 11.5 Å². The molecule has 0 saturated heterocycles. The van der Waals surface area contributed by atoms with Gasteiger partial charge in [-0.05, 0) is 35.9 Å². The monoisotopic (exact) mass is 387 g/mol. The second-order valence-corrected chi connectivity index (χ2v) is 6.56. The molecule has 0 bridgehead atoms. The minimum absolute atomic E-state index is 0.0769. The summed E-state index contributed by atoms with van der Waals surface area (Å²) in [6.45, 7) is 0.172. The van der Waals surface area contributed by atoms with E-state index in [2.05, 4.69) is 20.8 Å². The molecule has 0 fully saturated rings. The zero-order chi connectivity index (χ0) is 20.1. The fraction of sp³-hybridized carbons (Fsp3) is 0.136. The number of nitrogens with one attached hydrogen (secondary N) is 2. The second-order valence-electron chi connectivity index (χ2n) is 6.56. The second kappa shape index (κ2) is 8.53. The highest BCUT2D eigenvalue weighted by Gasteiger charge is 2.13. The Bertz CT molecular complexity index is 1110. The van der Waals surface area contributed by atoms with E-state index in [9.17, 15) is 4.79 Å². The molecule has 1 amide bonds. The first-order chi connectivity index (χ1) is 14.2. The van der Waals surface area contributed by atoms with E-state index >= 15 is 0 Å². The molecule has 4 rings (SSSR count). The summed E-state index contributed by atoms with van der Waals surface area (Å²) in [6, 6.07) is 21.4. The van der Waals surface area contributed by atoms with Crippen LogP contribution in [0.15, 0.2) is 72.9 Å². The van der Waals surface area contributed by atoms with Gasteiger partial charge in [-0.2, -0.15) is 0 Å². The van der Waals surface area contributed by atoms with Gasteiger partial charge in [-0.25, -0.2) is 0 Å². The third-order valence-corrected chi connectivity index (χ3v) is 4.52. The van der Waals surface area contributed by atoms with Crippen molar-refractivity contribution in [2.45, 2.75) is 6.42 Å². The van der Waals surface area contributed by atoms with Crippen LogP contribution in [-0.4, -0.2) is 38.9 Å². The van der Waals surface area contributed by atoms with E-state index in [1.807, 2.05) is 77.5 Å². The maximum absolute atomic E-state index is 12.1. The number of amides is 1. The predicted molar refractivity (Wildman–Crippen MR) is 112 cm³/mol. The van der Waals surface area contributed by atoms with Crippen LogP contribution >= 0.6 is 0 Å². The summed E-state index contributed by atoms with van der Waals surface area (Å²) in [4.78, 5) is 12.1. The highest BCUT2D eigenvalue weighted by Crippen LogP contribution is 2.25. The van der Waals surface area contributed by atoms with Crippen LogP contribution in [-0.2, 0) is 11.2 Å². The molecule has 2 heterocycles. The Morgan fingerprint density at radius 3 is 2.52 bits per heavy atom. The molecule has 0 aliphatic heterocycles. The van der Waals surface area contributed by atoms with Crippen molar-refractivity contribution < 1.29 is 9.90 Å². The molecule has 0 unspecified atom stereocenters. The summed E-state index contributed by atoms with van der Waals surface area (Å²) in [7, 11) is 0. The predicted octanol–water partition coefficient (Wildman–Crippen LogP) is 2.82. The van der Waals surface area contributed by atoms with Crippen LogP contribution in [0.25, 0.3) is 16.7 Å². The molecule has 29 heavy (non-hydrogen) atoms. The maximum atomic E-state index is 12.1. The van der Waals surface area contributed by atoms with Crippen molar-refractivity contribution in [3.63, 3.8) is 0 Å². The average molecular weight is 387 g/mol. The molecule has 146 valence electrons. The molecule has 0 saturated carbocycles. The number of aliphatic hydroxyl groups is 1. The molecule has 4 aromatic rings. The first kappa shape index (κ1) is 18.6. The van der Waals surface area contributed by atoms with Gasteiger partial charge in [-0.15, -0.1) is 10.2 Å². The normalized spacial score (nSPS) is 10.8. The molecule has 7 nitrogen and oxygen atoms in total. The number of rotatable bonds is 7. The third kappa shape index (κ3) is 4.25. The number of aliphatic hydroxyl groups excluding tert-OH is 1. The highest BCUT2D eigenvalue weighted by molar-refractivity contribution is 5.90. The van der Waals surface area contributed by atoms with E-state index in [4.69, 9.17) is 5.11 Å². The smallest absolute Gasteiger partial charge is 0.224 e. The molecule has 2 aromatic heterocycles. The van der Waals surface area contributed by atoms with Gasteiger partial charge < -0.3 is 15.7 Å². The van der Waals surface area contributed by atoms with Crippen molar-refractivity contribution in [1.29, 1.82) is 0 Å². The minimum Gasteiger partial charge on any atom is -0.395 e. The van der Waals surface area contributed by atoms with Crippen molar-refractivity contribution in [2.24, 2.45) is 0 Å². The van der Waals surface area contributed by atoms with Gasteiger partial charge in [0.1, 0.15) is 0 Å². The standard InChI is InChI=1S/C22H21N5O2/c28-13-12-23-22(29)14-16-15-27(19-9-5-4-8-18(16)19)21-11-10-20(25-26-21)24-17-6-2-1-3-7-17/h1-11,15,28H,12-14H2,(H,23,29)(H,24,25). The first-order valence-corrected chi connectivity index (χ1v) is 9.37. The summed E-state index contributed by atoms with van der Waals surface area (Å²) >= 11 is 0. The van der Waals surface area contributed by atoms with Gasteiger partial charge in [0.2, 0.25) is 5.91 Å². The van der Waals surface area contributed by atoms with Gasteiger partial charge in [0.15, 0.2) is 11.6 Å². The largest absolute Gasteiger partial charge is 0.395 e. The summed E-state index contributed by atoms with van der Waals surface area (Å²) in [6.07, 6.45) is 2.14. The Labute approximate surface area is 168 Å². The molecule has 0 aliphatic carbocycles. The number of para-hydroxylation sites is 2. The summed E-state index contributed by atoms with van der Waals surface area (Å²) < 4.78 is 1.93. The van der Waals surface area contributed by atoms with Crippen molar-refractivity contribution in [1.82, 2.24) is 20.1 Å². The number of nitrogens with zero attached hydrogens (tertiary/aromatic N) is 3. The van der Waals surface area contributed by atoms with Crippen LogP contribution in [0.3, 0.4) is 0 Å². The van der Waals surface area contributed by atoms with Gasteiger partial charge in [0.25, 0.3) is 0 Å². The number of carbonyl (C=O) groups excluding carboxylic acids is 1. The molecule has 0 spiro atoms. The highest BCUT2D eigenvalue weighted by atomic mass is 16.3. The summed E-state index contributed by atoms with van der Waals surface area (Å²) in [5.41, 5.74) is 2.79.